The number of carbonyl (C=O) groups excluding carboxylic acids is 1. The van der Waals surface area contributed by atoms with Gasteiger partial charge in [0.25, 0.3) is 5.91 Å². The average Bonchev–Trinajstić information content (AvgIpc) is 2.41. The SMILES string of the molecule is COCCN(CCC#N)C(=O)c1cc(N)ccc1C. The van der Waals surface area contributed by atoms with Crippen molar-refractivity contribution in [2.75, 3.05) is 32.5 Å². The highest BCUT2D eigenvalue weighted by molar-refractivity contribution is 5.96. The van der Waals surface area contributed by atoms with Gasteiger partial charge in [-0.25, -0.2) is 0 Å². The molecule has 1 aromatic carbocycles. The number of carbonyl (C=O) groups is 1. The number of anilines is 1. The second-order valence-corrected chi connectivity index (χ2v) is 4.27. The molecule has 1 amide bonds. The van der Waals surface area contributed by atoms with Crippen LogP contribution in [0.15, 0.2) is 18.2 Å². The van der Waals surface area contributed by atoms with Crippen LogP contribution in [0.2, 0.25) is 0 Å². The summed E-state index contributed by atoms with van der Waals surface area (Å²) >= 11 is 0. The molecule has 0 aliphatic carbocycles. The highest BCUT2D eigenvalue weighted by atomic mass is 16.5. The van der Waals surface area contributed by atoms with Gasteiger partial charge in [0, 0.05) is 31.5 Å². The first-order valence-electron chi connectivity index (χ1n) is 6.11. The van der Waals surface area contributed by atoms with Crippen LogP contribution in [0.3, 0.4) is 0 Å². The molecule has 19 heavy (non-hydrogen) atoms. The summed E-state index contributed by atoms with van der Waals surface area (Å²) in [6.45, 7) is 3.17. The summed E-state index contributed by atoms with van der Waals surface area (Å²) in [6, 6.07) is 7.30. The number of ether oxygens (including phenoxy) is 1. The lowest BCUT2D eigenvalue weighted by Crippen LogP contribution is -2.35. The lowest BCUT2D eigenvalue weighted by atomic mass is 10.1. The minimum absolute atomic E-state index is 0.114. The summed E-state index contributed by atoms with van der Waals surface area (Å²) < 4.78 is 4.99. The number of amides is 1. The van der Waals surface area contributed by atoms with Crippen molar-refractivity contribution in [1.82, 2.24) is 4.90 Å². The monoisotopic (exact) mass is 261 g/mol. The van der Waals surface area contributed by atoms with Crippen molar-refractivity contribution in [3.63, 3.8) is 0 Å². The molecular weight excluding hydrogens is 242 g/mol. The fourth-order valence-corrected chi connectivity index (χ4v) is 1.74. The van der Waals surface area contributed by atoms with Gasteiger partial charge in [-0.1, -0.05) is 6.07 Å². The van der Waals surface area contributed by atoms with Crippen LogP contribution >= 0.6 is 0 Å². The number of rotatable bonds is 6. The first-order chi connectivity index (χ1) is 9.10. The highest BCUT2D eigenvalue weighted by Crippen LogP contribution is 2.15. The van der Waals surface area contributed by atoms with Crippen LogP contribution in [-0.2, 0) is 4.74 Å². The highest BCUT2D eigenvalue weighted by Gasteiger charge is 2.17. The summed E-state index contributed by atoms with van der Waals surface area (Å²) in [5.41, 5.74) is 7.73. The Morgan fingerprint density at radius 3 is 2.84 bits per heavy atom. The zero-order valence-electron chi connectivity index (χ0n) is 11.3. The Balaban J connectivity index is 2.91. The van der Waals surface area contributed by atoms with Crippen LogP contribution < -0.4 is 5.73 Å². The van der Waals surface area contributed by atoms with E-state index in [4.69, 9.17) is 15.7 Å². The number of nitrogen functional groups attached to an aromatic ring is 1. The van der Waals surface area contributed by atoms with Gasteiger partial charge in [-0.2, -0.15) is 5.26 Å². The third-order valence-corrected chi connectivity index (χ3v) is 2.84. The van der Waals surface area contributed by atoms with Gasteiger partial charge in [-0.05, 0) is 24.6 Å². The number of hydrogen-bond donors (Lipinski definition) is 1. The molecule has 0 heterocycles. The molecule has 0 bridgehead atoms. The Kier molecular flexibility index (Phi) is 5.83. The van der Waals surface area contributed by atoms with Crippen molar-refractivity contribution in [2.45, 2.75) is 13.3 Å². The van der Waals surface area contributed by atoms with E-state index in [9.17, 15) is 4.79 Å². The van der Waals surface area contributed by atoms with Crippen LogP contribution in [0.25, 0.3) is 0 Å². The molecule has 5 heteroatoms. The average molecular weight is 261 g/mol. The molecule has 5 nitrogen and oxygen atoms in total. The molecule has 1 rings (SSSR count). The largest absolute Gasteiger partial charge is 0.399 e. The van der Waals surface area contributed by atoms with Gasteiger partial charge < -0.3 is 15.4 Å². The van der Waals surface area contributed by atoms with Crippen LogP contribution in [0, 0.1) is 18.3 Å². The van der Waals surface area contributed by atoms with E-state index in [0.717, 1.165) is 5.56 Å². The van der Waals surface area contributed by atoms with E-state index < -0.39 is 0 Å². The second-order valence-electron chi connectivity index (χ2n) is 4.27. The Morgan fingerprint density at radius 2 is 2.21 bits per heavy atom. The minimum atomic E-state index is -0.114. The van der Waals surface area contributed by atoms with E-state index in [1.54, 1.807) is 24.1 Å². The zero-order chi connectivity index (χ0) is 14.3. The van der Waals surface area contributed by atoms with Gasteiger partial charge in [0.2, 0.25) is 0 Å². The minimum Gasteiger partial charge on any atom is -0.399 e. The molecule has 0 saturated carbocycles. The first-order valence-corrected chi connectivity index (χ1v) is 6.11. The van der Waals surface area contributed by atoms with Crippen molar-refractivity contribution in [3.8, 4) is 6.07 Å². The number of nitriles is 1. The summed E-state index contributed by atoms with van der Waals surface area (Å²) in [7, 11) is 1.58. The standard InChI is InChI=1S/C14H19N3O2/c1-11-4-5-12(16)10-13(11)14(18)17(7-3-6-15)8-9-19-2/h4-5,10H,3,7-9,16H2,1-2H3. The van der Waals surface area contributed by atoms with E-state index in [2.05, 4.69) is 0 Å². The number of nitrogens with two attached hydrogens (primary N) is 1. The smallest absolute Gasteiger partial charge is 0.254 e. The second kappa shape index (κ2) is 7.39. The van der Waals surface area contributed by atoms with E-state index in [-0.39, 0.29) is 5.91 Å². The van der Waals surface area contributed by atoms with Gasteiger partial charge in [0.05, 0.1) is 19.1 Å². The first kappa shape index (κ1) is 15.0. The number of benzene rings is 1. The third kappa shape index (κ3) is 4.27. The maximum Gasteiger partial charge on any atom is 0.254 e. The van der Waals surface area contributed by atoms with E-state index >= 15 is 0 Å². The number of hydrogen-bond acceptors (Lipinski definition) is 4. The van der Waals surface area contributed by atoms with Gasteiger partial charge >= 0.3 is 0 Å². The van der Waals surface area contributed by atoms with E-state index in [1.807, 2.05) is 19.1 Å². The normalized spacial score (nSPS) is 9.95. The molecule has 0 radical (unpaired) electrons. The Labute approximate surface area is 113 Å². The molecule has 0 fully saturated rings. The fourth-order valence-electron chi connectivity index (χ4n) is 1.74. The number of nitrogens with zero attached hydrogens (tertiary/aromatic N) is 2. The zero-order valence-corrected chi connectivity index (χ0v) is 11.3. The lowest BCUT2D eigenvalue weighted by molar-refractivity contribution is 0.0699. The molecule has 0 aliphatic heterocycles. The molecule has 0 atom stereocenters. The van der Waals surface area contributed by atoms with Gasteiger partial charge in [-0.3, -0.25) is 4.79 Å². The predicted octanol–water partition coefficient (Wildman–Crippen LogP) is 1.58. The maximum atomic E-state index is 12.4. The molecule has 0 spiro atoms. The molecule has 102 valence electrons. The van der Waals surface area contributed by atoms with Crippen molar-refractivity contribution in [3.05, 3.63) is 29.3 Å². The van der Waals surface area contributed by atoms with Crippen LogP contribution in [0.5, 0.6) is 0 Å². The van der Waals surface area contributed by atoms with Crippen molar-refractivity contribution >= 4 is 11.6 Å². The van der Waals surface area contributed by atoms with Gasteiger partial charge in [-0.15, -0.1) is 0 Å². The third-order valence-electron chi connectivity index (χ3n) is 2.84. The van der Waals surface area contributed by atoms with Crippen molar-refractivity contribution < 1.29 is 9.53 Å². The molecular formula is C14H19N3O2. The summed E-state index contributed by atoms with van der Waals surface area (Å²) in [4.78, 5) is 14.1. The van der Waals surface area contributed by atoms with Crippen molar-refractivity contribution in [1.29, 1.82) is 5.26 Å². The molecule has 1 aromatic rings. The van der Waals surface area contributed by atoms with E-state index in [1.165, 1.54) is 0 Å². The Hall–Kier alpha value is -2.06. The lowest BCUT2D eigenvalue weighted by Gasteiger charge is -2.22. The van der Waals surface area contributed by atoms with Gasteiger partial charge in [0.15, 0.2) is 0 Å². The molecule has 0 aromatic heterocycles. The van der Waals surface area contributed by atoms with Crippen LogP contribution in [0.1, 0.15) is 22.3 Å². The van der Waals surface area contributed by atoms with Gasteiger partial charge in [0.1, 0.15) is 0 Å². The summed E-state index contributed by atoms with van der Waals surface area (Å²) in [5, 5.41) is 8.65. The Bertz CT molecular complexity index is 480. The maximum absolute atomic E-state index is 12.4. The molecule has 0 unspecified atom stereocenters. The quantitative estimate of drug-likeness (QED) is 0.788. The summed E-state index contributed by atoms with van der Waals surface area (Å²) in [5.74, 6) is -0.114. The fraction of sp³-hybridized carbons (Fsp3) is 0.429. The topological polar surface area (TPSA) is 79.3 Å². The van der Waals surface area contributed by atoms with Crippen LogP contribution in [0.4, 0.5) is 5.69 Å². The summed E-state index contributed by atoms with van der Waals surface area (Å²) in [6.07, 6.45) is 0.302. The molecule has 2 N–H and O–H groups in total. The van der Waals surface area contributed by atoms with E-state index in [0.29, 0.717) is 37.4 Å². The molecule has 0 saturated heterocycles. The van der Waals surface area contributed by atoms with Crippen molar-refractivity contribution in [2.24, 2.45) is 0 Å². The predicted molar refractivity (Wildman–Crippen MR) is 73.6 cm³/mol. The number of aryl methyl sites for hydroxylation is 1. The Morgan fingerprint density at radius 1 is 1.47 bits per heavy atom. The number of methoxy groups -OCH3 is 1. The van der Waals surface area contributed by atoms with Crippen LogP contribution in [-0.4, -0.2) is 37.6 Å². The molecule has 0 aliphatic rings.